The van der Waals surface area contributed by atoms with Gasteiger partial charge in [0.05, 0.1) is 33.8 Å². The van der Waals surface area contributed by atoms with Gasteiger partial charge in [0.15, 0.2) is 0 Å². The van der Waals surface area contributed by atoms with Crippen molar-refractivity contribution in [1.29, 1.82) is 0 Å². The molecule has 0 atom stereocenters. The minimum atomic E-state index is -3.06. The first-order valence-corrected chi connectivity index (χ1v) is 11.1. The summed E-state index contributed by atoms with van der Waals surface area (Å²) in [7, 11) is -3.06. The van der Waals surface area contributed by atoms with E-state index in [9.17, 15) is 18.0 Å². The fourth-order valence-corrected chi connectivity index (χ4v) is 5.15. The molecule has 1 aliphatic rings. The first kappa shape index (κ1) is 18.8. The van der Waals surface area contributed by atoms with Crippen LogP contribution in [0.2, 0.25) is 0 Å². The Morgan fingerprint density at radius 1 is 1.31 bits per heavy atom. The van der Waals surface area contributed by atoms with Crippen LogP contribution in [-0.2, 0) is 24.2 Å². The highest BCUT2D eigenvalue weighted by Crippen LogP contribution is 2.28. The quantitative estimate of drug-likeness (QED) is 0.718. The topological polar surface area (TPSA) is 93.6 Å². The molecule has 140 valence electrons. The van der Waals surface area contributed by atoms with Gasteiger partial charge in [0, 0.05) is 11.6 Å². The van der Waals surface area contributed by atoms with Crippen LogP contribution in [0.1, 0.15) is 19.8 Å². The van der Waals surface area contributed by atoms with Gasteiger partial charge in [-0.15, -0.1) is 11.3 Å². The van der Waals surface area contributed by atoms with E-state index < -0.39 is 21.7 Å². The van der Waals surface area contributed by atoms with E-state index in [2.05, 4.69) is 4.98 Å². The monoisotopic (exact) mass is 396 g/mol. The number of fused-ring (bicyclic) bond motifs is 1. The Bertz CT molecular complexity index is 908. The highest BCUT2D eigenvalue weighted by Gasteiger charge is 2.33. The zero-order valence-electron chi connectivity index (χ0n) is 14.4. The molecule has 1 amide bonds. The number of esters is 1. The Balaban J connectivity index is 1.87. The summed E-state index contributed by atoms with van der Waals surface area (Å²) in [5, 5.41) is 0. The molecule has 2 heterocycles. The van der Waals surface area contributed by atoms with Crippen molar-refractivity contribution in [2.24, 2.45) is 5.92 Å². The van der Waals surface area contributed by atoms with E-state index in [0.717, 1.165) is 10.2 Å². The van der Waals surface area contributed by atoms with Crippen LogP contribution in [0.4, 0.5) is 5.69 Å². The molecule has 0 unspecified atom stereocenters. The summed E-state index contributed by atoms with van der Waals surface area (Å²) in [6.07, 6.45) is 0.554. The molecule has 2 aromatic rings. The Labute approximate surface area is 155 Å². The van der Waals surface area contributed by atoms with E-state index in [-0.39, 0.29) is 43.4 Å². The minimum absolute atomic E-state index is 0.00176. The fraction of sp³-hybridized carbons (Fsp3) is 0.471. The number of aromatic nitrogens is 1. The third-order valence-corrected chi connectivity index (χ3v) is 6.91. The van der Waals surface area contributed by atoms with Gasteiger partial charge in [-0.3, -0.25) is 9.59 Å². The average molecular weight is 396 g/mol. The number of thiazole rings is 1. The van der Waals surface area contributed by atoms with Crippen molar-refractivity contribution >= 4 is 49.0 Å². The molecular weight excluding hydrogens is 376 g/mol. The zero-order chi connectivity index (χ0) is 18.7. The first-order chi connectivity index (χ1) is 12.4. The SMILES string of the molecule is CCOC(=O)CN(C(=O)C1CCS(=O)(=O)CC1)c1ccc2scnc2c1. The predicted octanol–water partition coefficient (Wildman–Crippen LogP) is 2.02. The fourth-order valence-electron chi connectivity index (χ4n) is 3.00. The number of benzene rings is 1. The molecule has 3 rings (SSSR count). The summed E-state index contributed by atoms with van der Waals surface area (Å²) in [5.74, 6) is -1.16. The number of sulfone groups is 1. The van der Waals surface area contributed by atoms with E-state index in [1.807, 2.05) is 6.07 Å². The van der Waals surface area contributed by atoms with Crippen molar-refractivity contribution in [3.63, 3.8) is 0 Å². The third-order valence-electron chi connectivity index (χ3n) is 4.39. The summed E-state index contributed by atoms with van der Waals surface area (Å²) >= 11 is 1.49. The summed E-state index contributed by atoms with van der Waals surface area (Å²) in [6, 6.07) is 5.40. The van der Waals surface area contributed by atoms with Crippen LogP contribution in [0.3, 0.4) is 0 Å². The van der Waals surface area contributed by atoms with Crippen LogP contribution in [0.25, 0.3) is 10.2 Å². The number of carbonyl (C=O) groups is 2. The summed E-state index contributed by atoms with van der Waals surface area (Å²) in [4.78, 5) is 30.7. The molecule has 1 fully saturated rings. The maximum absolute atomic E-state index is 13.0. The number of anilines is 1. The van der Waals surface area contributed by atoms with Crippen LogP contribution < -0.4 is 4.90 Å². The van der Waals surface area contributed by atoms with Crippen LogP contribution in [0, 0.1) is 5.92 Å². The average Bonchev–Trinajstić information content (AvgIpc) is 3.07. The lowest BCUT2D eigenvalue weighted by Gasteiger charge is -2.28. The van der Waals surface area contributed by atoms with Gasteiger partial charge in [-0.2, -0.15) is 0 Å². The van der Waals surface area contributed by atoms with Crippen molar-refractivity contribution in [1.82, 2.24) is 4.98 Å². The van der Waals surface area contributed by atoms with E-state index in [1.54, 1.807) is 24.6 Å². The maximum Gasteiger partial charge on any atom is 0.326 e. The molecule has 1 aromatic carbocycles. The van der Waals surface area contributed by atoms with Gasteiger partial charge >= 0.3 is 5.97 Å². The minimum Gasteiger partial charge on any atom is -0.465 e. The molecule has 1 aromatic heterocycles. The molecule has 0 saturated carbocycles. The van der Waals surface area contributed by atoms with E-state index in [0.29, 0.717) is 5.69 Å². The van der Waals surface area contributed by atoms with Gasteiger partial charge < -0.3 is 9.64 Å². The molecule has 1 aliphatic heterocycles. The first-order valence-electron chi connectivity index (χ1n) is 8.40. The molecule has 1 saturated heterocycles. The number of amides is 1. The maximum atomic E-state index is 13.0. The molecule has 0 spiro atoms. The molecule has 0 aliphatic carbocycles. The Morgan fingerprint density at radius 3 is 2.73 bits per heavy atom. The highest BCUT2D eigenvalue weighted by molar-refractivity contribution is 7.91. The molecule has 26 heavy (non-hydrogen) atoms. The van der Waals surface area contributed by atoms with E-state index in [4.69, 9.17) is 4.74 Å². The second kappa shape index (κ2) is 7.71. The summed E-state index contributed by atoms with van der Waals surface area (Å²) in [5.41, 5.74) is 3.04. The lowest BCUT2D eigenvalue weighted by Crippen LogP contribution is -2.42. The lowest BCUT2D eigenvalue weighted by atomic mass is 10.0. The molecule has 0 N–H and O–H groups in total. The normalized spacial score (nSPS) is 17.1. The summed E-state index contributed by atoms with van der Waals surface area (Å²) in [6.45, 7) is 1.73. The summed E-state index contributed by atoms with van der Waals surface area (Å²) < 4.78 is 29.2. The number of carbonyl (C=O) groups excluding carboxylic acids is 2. The van der Waals surface area contributed by atoms with Gasteiger partial charge in [0.2, 0.25) is 5.91 Å². The van der Waals surface area contributed by atoms with Gasteiger partial charge in [0.25, 0.3) is 0 Å². The molecule has 0 radical (unpaired) electrons. The number of nitrogens with zero attached hydrogens (tertiary/aromatic N) is 2. The number of rotatable bonds is 5. The highest BCUT2D eigenvalue weighted by atomic mass is 32.2. The molecule has 7 nitrogen and oxygen atoms in total. The number of hydrogen-bond acceptors (Lipinski definition) is 7. The Kier molecular flexibility index (Phi) is 5.57. The standard InChI is InChI=1S/C17H20N2O5S2/c1-2-24-16(20)10-19(13-3-4-15-14(9-13)18-11-25-15)17(21)12-5-7-26(22,23)8-6-12/h3-4,9,11-12H,2,5-8,10H2,1H3. The Hall–Kier alpha value is -2.00. The number of hydrogen-bond donors (Lipinski definition) is 0. The third kappa shape index (κ3) is 4.21. The van der Waals surface area contributed by atoms with Crippen molar-refractivity contribution < 1.29 is 22.7 Å². The van der Waals surface area contributed by atoms with Gasteiger partial charge in [0.1, 0.15) is 16.4 Å². The zero-order valence-corrected chi connectivity index (χ0v) is 16.0. The van der Waals surface area contributed by atoms with Gasteiger partial charge in [-0.25, -0.2) is 13.4 Å². The van der Waals surface area contributed by atoms with Crippen LogP contribution in [-0.4, -0.2) is 49.9 Å². The van der Waals surface area contributed by atoms with E-state index in [1.165, 1.54) is 16.2 Å². The van der Waals surface area contributed by atoms with Gasteiger partial charge in [-0.05, 0) is 38.0 Å². The Morgan fingerprint density at radius 2 is 2.04 bits per heavy atom. The smallest absolute Gasteiger partial charge is 0.326 e. The number of ether oxygens (including phenoxy) is 1. The van der Waals surface area contributed by atoms with Gasteiger partial charge in [-0.1, -0.05) is 0 Å². The second-order valence-electron chi connectivity index (χ2n) is 6.16. The van der Waals surface area contributed by atoms with Crippen molar-refractivity contribution in [2.45, 2.75) is 19.8 Å². The molecule has 0 bridgehead atoms. The molecule has 9 heteroatoms. The van der Waals surface area contributed by atoms with Crippen LogP contribution in [0.5, 0.6) is 0 Å². The van der Waals surface area contributed by atoms with Crippen LogP contribution >= 0.6 is 11.3 Å². The van der Waals surface area contributed by atoms with E-state index >= 15 is 0 Å². The second-order valence-corrected chi connectivity index (χ2v) is 9.35. The largest absolute Gasteiger partial charge is 0.465 e. The van der Waals surface area contributed by atoms with Crippen molar-refractivity contribution in [2.75, 3.05) is 29.6 Å². The van der Waals surface area contributed by atoms with Crippen LogP contribution in [0.15, 0.2) is 23.7 Å². The van der Waals surface area contributed by atoms with Crippen molar-refractivity contribution in [3.05, 3.63) is 23.7 Å². The van der Waals surface area contributed by atoms with Crippen molar-refractivity contribution in [3.8, 4) is 0 Å². The lowest BCUT2D eigenvalue weighted by molar-refractivity contribution is -0.142. The predicted molar refractivity (Wildman–Crippen MR) is 100.0 cm³/mol. The molecular formula is C17H20N2O5S2.